The van der Waals surface area contributed by atoms with Gasteiger partial charge in [0.25, 0.3) is 5.91 Å². The Labute approximate surface area is 203 Å². The second-order valence-corrected chi connectivity index (χ2v) is 10.2. The van der Waals surface area contributed by atoms with Crippen molar-refractivity contribution in [2.75, 3.05) is 45.2 Å². The molecule has 1 aromatic heterocycles. The lowest BCUT2D eigenvalue weighted by atomic mass is 9.70. The number of methoxy groups -OCH3 is 1. The molecule has 3 aliphatic rings. The molecule has 0 saturated carbocycles. The lowest BCUT2D eigenvalue weighted by Crippen LogP contribution is -2.53. The average molecular weight is 463 g/mol. The van der Waals surface area contributed by atoms with Crippen LogP contribution in [-0.2, 0) is 21.4 Å². The topological polar surface area (TPSA) is 57.7 Å². The minimum atomic E-state index is -0.455. The molecule has 2 aromatic rings. The van der Waals surface area contributed by atoms with Crippen LogP contribution >= 0.6 is 0 Å². The number of piperidine rings is 1. The van der Waals surface area contributed by atoms with Crippen molar-refractivity contribution in [1.29, 1.82) is 0 Å². The van der Waals surface area contributed by atoms with Crippen molar-refractivity contribution in [2.24, 2.45) is 0 Å². The summed E-state index contributed by atoms with van der Waals surface area (Å²) >= 11 is 0. The third kappa shape index (κ3) is 4.84. The van der Waals surface area contributed by atoms with Crippen LogP contribution in [0.25, 0.3) is 0 Å². The Morgan fingerprint density at radius 1 is 1.15 bits per heavy atom. The summed E-state index contributed by atoms with van der Waals surface area (Å²) < 4.78 is 5.80. The number of ether oxygens (including phenoxy) is 1. The molecule has 2 fully saturated rings. The van der Waals surface area contributed by atoms with Gasteiger partial charge in [-0.1, -0.05) is 24.3 Å². The fourth-order valence-corrected chi connectivity index (χ4v) is 6.20. The van der Waals surface area contributed by atoms with Crippen LogP contribution in [0.2, 0.25) is 0 Å². The zero-order valence-corrected chi connectivity index (χ0v) is 20.4. The number of likely N-dealkylation sites (tertiary alicyclic amines) is 2. The Morgan fingerprint density at radius 2 is 1.94 bits per heavy atom. The van der Waals surface area contributed by atoms with Gasteiger partial charge >= 0.3 is 0 Å². The highest BCUT2D eigenvalue weighted by Crippen LogP contribution is 2.39. The first-order valence-electron chi connectivity index (χ1n) is 13.0. The third-order valence-electron chi connectivity index (χ3n) is 8.36. The number of benzene rings is 1. The number of anilines is 1. The number of pyridine rings is 1. The molecule has 0 bridgehead atoms. The summed E-state index contributed by atoms with van der Waals surface area (Å²) in [5.41, 5.74) is 3.87. The standard InChI is InChI=1S/C28H38N4O2/c1-34-26(25-11-10-22-7-2-3-9-24(22)30-25)27(33)32-19-13-28(14-20-32,23-8-6-15-29-21-23)12-18-31-16-4-5-17-31/h2-3,6-9,15,21,25-26,30H,4-5,10-14,16-20H2,1H3. The molecule has 1 amide bonds. The minimum absolute atomic E-state index is 0.00701. The number of hydrogen-bond donors (Lipinski definition) is 1. The Hall–Kier alpha value is -2.44. The van der Waals surface area contributed by atoms with Gasteiger partial charge < -0.3 is 19.9 Å². The van der Waals surface area contributed by atoms with E-state index in [1.165, 1.54) is 37.1 Å². The van der Waals surface area contributed by atoms with Gasteiger partial charge in [-0.15, -0.1) is 0 Å². The molecule has 0 aliphatic carbocycles. The van der Waals surface area contributed by atoms with Crippen LogP contribution in [0.4, 0.5) is 5.69 Å². The first-order chi connectivity index (χ1) is 16.7. The zero-order valence-electron chi connectivity index (χ0n) is 20.4. The van der Waals surface area contributed by atoms with Crippen LogP contribution in [0.1, 0.15) is 49.7 Å². The predicted octanol–water partition coefficient (Wildman–Crippen LogP) is 3.87. The van der Waals surface area contributed by atoms with Crippen molar-refractivity contribution < 1.29 is 9.53 Å². The first-order valence-corrected chi connectivity index (χ1v) is 13.0. The highest BCUT2D eigenvalue weighted by atomic mass is 16.5. The summed E-state index contributed by atoms with van der Waals surface area (Å²) in [6.45, 7) is 5.13. The Bertz CT molecular complexity index is 952. The van der Waals surface area contributed by atoms with Crippen molar-refractivity contribution in [3.63, 3.8) is 0 Å². The van der Waals surface area contributed by atoms with Gasteiger partial charge in [-0.2, -0.15) is 0 Å². The molecule has 4 heterocycles. The molecule has 3 aliphatic heterocycles. The molecular formula is C28H38N4O2. The molecule has 6 heteroatoms. The molecule has 2 unspecified atom stereocenters. The maximum Gasteiger partial charge on any atom is 0.253 e. The van der Waals surface area contributed by atoms with E-state index in [4.69, 9.17) is 4.74 Å². The highest BCUT2D eigenvalue weighted by Gasteiger charge is 2.41. The number of amides is 1. The van der Waals surface area contributed by atoms with Crippen molar-refractivity contribution in [3.05, 3.63) is 59.9 Å². The van der Waals surface area contributed by atoms with Gasteiger partial charge in [0.1, 0.15) is 0 Å². The van der Waals surface area contributed by atoms with E-state index in [2.05, 4.69) is 45.5 Å². The van der Waals surface area contributed by atoms with E-state index >= 15 is 0 Å². The lowest BCUT2D eigenvalue weighted by molar-refractivity contribution is -0.144. The molecule has 6 nitrogen and oxygen atoms in total. The van der Waals surface area contributed by atoms with Gasteiger partial charge in [-0.25, -0.2) is 0 Å². The quantitative estimate of drug-likeness (QED) is 0.677. The summed E-state index contributed by atoms with van der Waals surface area (Å²) in [6, 6.07) is 12.7. The zero-order chi connectivity index (χ0) is 23.4. The average Bonchev–Trinajstić information content (AvgIpc) is 3.42. The maximum absolute atomic E-state index is 13.6. The van der Waals surface area contributed by atoms with Crippen molar-refractivity contribution in [2.45, 2.75) is 62.5 Å². The number of aromatic nitrogens is 1. The van der Waals surface area contributed by atoms with Crippen LogP contribution in [-0.4, -0.2) is 72.7 Å². The van der Waals surface area contributed by atoms with Crippen molar-refractivity contribution >= 4 is 11.6 Å². The van der Waals surface area contributed by atoms with E-state index in [1.807, 2.05) is 23.4 Å². The molecule has 2 atom stereocenters. The molecular weight excluding hydrogens is 424 g/mol. The van der Waals surface area contributed by atoms with Gasteiger partial charge in [0.2, 0.25) is 0 Å². The summed E-state index contributed by atoms with van der Waals surface area (Å²) in [5, 5.41) is 3.58. The van der Waals surface area contributed by atoms with E-state index in [1.54, 1.807) is 7.11 Å². The Morgan fingerprint density at radius 3 is 2.68 bits per heavy atom. The number of para-hydroxylation sites is 1. The molecule has 0 spiro atoms. The number of nitrogens with zero attached hydrogens (tertiary/aromatic N) is 3. The molecule has 182 valence electrons. The third-order valence-corrected chi connectivity index (χ3v) is 8.36. The number of aryl methyl sites for hydroxylation is 1. The van der Waals surface area contributed by atoms with Crippen LogP contribution in [0.15, 0.2) is 48.8 Å². The summed E-state index contributed by atoms with van der Waals surface area (Å²) in [4.78, 5) is 22.7. The summed E-state index contributed by atoms with van der Waals surface area (Å²) in [5.74, 6) is 0.124. The van der Waals surface area contributed by atoms with Crippen LogP contribution in [0.3, 0.4) is 0 Å². The maximum atomic E-state index is 13.6. The molecule has 34 heavy (non-hydrogen) atoms. The van der Waals surface area contributed by atoms with E-state index < -0.39 is 6.10 Å². The number of carbonyl (C=O) groups is 1. The predicted molar refractivity (Wildman–Crippen MR) is 135 cm³/mol. The number of nitrogens with one attached hydrogen (secondary N) is 1. The van der Waals surface area contributed by atoms with Crippen molar-refractivity contribution in [3.8, 4) is 0 Å². The molecule has 5 rings (SSSR count). The fourth-order valence-electron chi connectivity index (χ4n) is 6.20. The molecule has 0 radical (unpaired) electrons. The van der Waals surface area contributed by atoms with E-state index in [0.29, 0.717) is 0 Å². The second-order valence-electron chi connectivity index (χ2n) is 10.2. The number of carbonyl (C=O) groups excluding carboxylic acids is 1. The number of hydrogen-bond acceptors (Lipinski definition) is 5. The number of fused-ring (bicyclic) bond motifs is 1. The summed E-state index contributed by atoms with van der Waals surface area (Å²) in [6.07, 6.45) is 11.1. The molecule has 2 saturated heterocycles. The first kappa shape index (κ1) is 23.3. The largest absolute Gasteiger partial charge is 0.379 e. The normalized spacial score (nSPS) is 23.2. The number of rotatable bonds is 7. The smallest absolute Gasteiger partial charge is 0.253 e. The highest BCUT2D eigenvalue weighted by molar-refractivity contribution is 5.82. The minimum Gasteiger partial charge on any atom is -0.379 e. The lowest BCUT2D eigenvalue weighted by Gasteiger charge is -2.44. The fraction of sp³-hybridized carbons (Fsp3) is 0.571. The van der Waals surface area contributed by atoms with E-state index in [9.17, 15) is 4.79 Å². The molecule has 1 aromatic carbocycles. The van der Waals surface area contributed by atoms with Gasteiger partial charge in [0.05, 0.1) is 6.04 Å². The van der Waals surface area contributed by atoms with Crippen LogP contribution in [0, 0.1) is 0 Å². The van der Waals surface area contributed by atoms with Gasteiger partial charge in [0, 0.05) is 43.7 Å². The Kier molecular flexibility index (Phi) is 7.16. The van der Waals surface area contributed by atoms with Crippen molar-refractivity contribution in [1.82, 2.24) is 14.8 Å². The van der Waals surface area contributed by atoms with Gasteiger partial charge in [0.15, 0.2) is 6.10 Å². The van der Waals surface area contributed by atoms with Crippen LogP contribution < -0.4 is 5.32 Å². The molecule has 1 N–H and O–H groups in total. The van der Waals surface area contributed by atoms with E-state index in [-0.39, 0.29) is 17.4 Å². The SMILES string of the molecule is COC(C(=O)N1CCC(CCN2CCCC2)(c2cccnc2)CC1)C1CCc2ccccc2N1. The van der Waals surface area contributed by atoms with Gasteiger partial charge in [-0.3, -0.25) is 9.78 Å². The van der Waals surface area contributed by atoms with Gasteiger partial charge in [-0.05, 0) is 87.8 Å². The second kappa shape index (κ2) is 10.4. The van der Waals surface area contributed by atoms with E-state index in [0.717, 1.165) is 57.4 Å². The Balaban J connectivity index is 1.25. The summed E-state index contributed by atoms with van der Waals surface area (Å²) in [7, 11) is 1.67. The van der Waals surface area contributed by atoms with Crippen LogP contribution in [0.5, 0.6) is 0 Å². The monoisotopic (exact) mass is 462 g/mol.